The molecule has 19 heavy (non-hydrogen) atoms. The van der Waals surface area contributed by atoms with Crippen LogP contribution in [0.1, 0.15) is 22.4 Å². The van der Waals surface area contributed by atoms with Crippen molar-refractivity contribution in [3.05, 3.63) is 57.9 Å². The molecule has 4 heteroatoms. The van der Waals surface area contributed by atoms with E-state index in [1.54, 1.807) is 12.3 Å². The Balaban J connectivity index is 2.22. The molecule has 96 valence electrons. The first kappa shape index (κ1) is 13.4. The van der Waals surface area contributed by atoms with Crippen molar-refractivity contribution in [3.63, 3.8) is 0 Å². The first-order valence-electron chi connectivity index (χ1n) is 5.85. The highest BCUT2D eigenvalue weighted by Gasteiger charge is 2.08. The zero-order valence-corrected chi connectivity index (χ0v) is 11.5. The summed E-state index contributed by atoms with van der Waals surface area (Å²) < 4.78 is 5.80. The summed E-state index contributed by atoms with van der Waals surface area (Å²) in [5, 5.41) is 9.67. The molecule has 1 aromatic carbocycles. The Morgan fingerprint density at radius 2 is 2.00 bits per heavy atom. The highest BCUT2D eigenvalue weighted by Crippen LogP contribution is 2.27. The van der Waals surface area contributed by atoms with Crippen LogP contribution >= 0.6 is 11.6 Å². The molecule has 0 radical (unpaired) electrons. The molecule has 0 aliphatic heterocycles. The van der Waals surface area contributed by atoms with Crippen molar-refractivity contribution < 1.29 is 4.74 Å². The van der Waals surface area contributed by atoms with E-state index in [0.29, 0.717) is 17.3 Å². The van der Waals surface area contributed by atoms with Gasteiger partial charge in [-0.2, -0.15) is 5.26 Å². The number of pyridine rings is 1. The summed E-state index contributed by atoms with van der Waals surface area (Å²) in [6.07, 6.45) is 1.60. The van der Waals surface area contributed by atoms with Crippen LogP contribution in [0, 0.1) is 25.2 Å². The van der Waals surface area contributed by atoms with Crippen molar-refractivity contribution >= 4 is 11.6 Å². The van der Waals surface area contributed by atoms with Crippen molar-refractivity contribution in [1.82, 2.24) is 4.98 Å². The van der Waals surface area contributed by atoms with Crippen molar-refractivity contribution in [2.75, 3.05) is 0 Å². The highest BCUT2D eigenvalue weighted by atomic mass is 35.5. The van der Waals surface area contributed by atoms with Crippen LogP contribution in [0.4, 0.5) is 0 Å². The monoisotopic (exact) mass is 272 g/mol. The largest absolute Gasteiger partial charge is 0.488 e. The number of benzene rings is 1. The molecule has 0 spiro atoms. The standard InChI is InChI=1S/C15H13ClN2O/c1-10-6-13(16)7-11(2)15(10)19-9-12-4-3-5-18-14(12)8-17/h3-7H,9H2,1-2H3. The SMILES string of the molecule is Cc1cc(Cl)cc(C)c1OCc1cccnc1C#N. The zero-order chi connectivity index (χ0) is 13.8. The minimum Gasteiger partial charge on any atom is -0.488 e. The van der Waals surface area contributed by atoms with Crippen LogP contribution in [0.15, 0.2) is 30.5 Å². The first-order valence-corrected chi connectivity index (χ1v) is 6.23. The van der Waals surface area contributed by atoms with Crippen LogP contribution in [0.2, 0.25) is 5.02 Å². The molecule has 0 bridgehead atoms. The second kappa shape index (κ2) is 5.73. The Hall–Kier alpha value is -2.05. The van der Waals surface area contributed by atoms with Crippen LogP contribution in [0.25, 0.3) is 0 Å². The summed E-state index contributed by atoms with van der Waals surface area (Å²) in [5.74, 6) is 0.803. The Morgan fingerprint density at radius 1 is 1.32 bits per heavy atom. The number of aryl methyl sites for hydroxylation is 2. The van der Waals surface area contributed by atoms with E-state index in [0.717, 1.165) is 22.4 Å². The minimum atomic E-state index is 0.319. The lowest BCUT2D eigenvalue weighted by atomic mass is 10.1. The van der Waals surface area contributed by atoms with Crippen LogP contribution < -0.4 is 4.74 Å². The number of halogens is 1. The highest BCUT2D eigenvalue weighted by molar-refractivity contribution is 6.30. The van der Waals surface area contributed by atoms with Crippen molar-refractivity contribution in [2.24, 2.45) is 0 Å². The molecule has 1 heterocycles. The van der Waals surface area contributed by atoms with Gasteiger partial charge in [-0.15, -0.1) is 0 Å². The molecule has 0 fully saturated rings. The Bertz CT molecular complexity index is 624. The summed E-state index contributed by atoms with van der Waals surface area (Å²) in [7, 11) is 0. The number of aromatic nitrogens is 1. The number of hydrogen-bond acceptors (Lipinski definition) is 3. The molecular weight excluding hydrogens is 260 g/mol. The fraction of sp³-hybridized carbons (Fsp3) is 0.200. The van der Waals surface area contributed by atoms with E-state index in [-0.39, 0.29) is 0 Å². The maximum atomic E-state index is 8.98. The van der Waals surface area contributed by atoms with E-state index >= 15 is 0 Å². The summed E-state index contributed by atoms with van der Waals surface area (Å²) in [6.45, 7) is 4.21. The third-order valence-electron chi connectivity index (χ3n) is 2.79. The maximum absolute atomic E-state index is 8.98. The van der Waals surface area contributed by atoms with Crippen molar-refractivity contribution in [1.29, 1.82) is 5.26 Å². The summed E-state index contributed by atoms with van der Waals surface area (Å²) in [4.78, 5) is 4.01. The third-order valence-corrected chi connectivity index (χ3v) is 3.01. The van der Waals surface area contributed by atoms with E-state index in [1.807, 2.05) is 32.0 Å². The normalized spacial score (nSPS) is 10.0. The molecule has 3 nitrogen and oxygen atoms in total. The minimum absolute atomic E-state index is 0.319. The number of hydrogen-bond donors (Lipinski definition) is 0. The van der Waals surface area contributed by atoms with Gasteiger partial charge in [-0.25, -0.2) is 4.98 Å². The van der Waals surface area contributed by atoms with Gasteiger partial charge >= 0.3 is 0 Å². The number of nitrogens with zero attached hydrogens (tertiary/aromatic N) is 2. The maximum Gasteiger partial charge on any atom is 0.147 e. The van der Waals surface area contributed by atoms with Gasteiger partial charge in [-0.3, -0.25) is 0 Å². The first-order chi connectivity index (χ1) is 9.11. The molecule has 0 N–H and O–H groups in total. The summed E-state index contributed by atoms with van der Waals surface area (Å²) in [5.41, 5.74) is 3.13. The van der Waals surface area contributed by atoms with E-state index in [2.05, 4.69) is 11.1 Å². The number of nitriles is 1. The van der Waals surface area contributed by atoms with E-state index < -0.39 is 0 Å². The fourth-order valence-electron chi connectivity index (χ4n) is 1.93. The second-order valence-electron chi connectivity index (χ2n) is 4.28. The predicted molar refractivity (Wildman–Crippen MR) is 74.2 cm³/mol. The molecule has 2 rings (SSSR count). The third kappa shape index (κ3) is 3.04. The second-order valence-corrected chi connectivity index (χ2v) is 4.72. The molecular formula is C15H13ClN2O. The molecule has 0 amide bonds. The lowest BCUT2D eigenvalue weighted by Crippen LogP contribution is -2.02. The Labute approximate surface area is 117 Å². The van der Waals surface area contributed by atoms with Gasteiger partial charge < -0.3 is 4.74 Å². The Kier molecular flexibility index (Phi) is 4.03. The van der Waals surface area contributed by atoms with Crippen LogP contribution in [-0.2, 0) is 6.61 Å². The van der Waals surface area contributed by atoms with Gasteiger partial charge in [0.1, 0.15) is 24.1 Å². The van der Waals surface area contributed by atoms with Crippen molar-refractivity contribution in [3.8, 4) is 11.8 Å². The average molecular weight is 273 g/mol. The molecule has 0 aliphatic carbocycles. The number of ether oxygens (including phenoxy) is 1. The van der Waals surface area contributed by atoms with Crippen LogP contribution in [0.5, 0.6) is 5.75 Å². The lowest BCUT2D eigenvalue weighted by molar-refractivity contribution is 0.301. The van der Waals surface area contributed by atoms with Gasteiger partial charge in [-0.05, 0) is 43.2 Å². The molecule has 1 aromatic heterocycles. The molecule has 2 aromatic rings. The van der Waals surface area contributed by atoms with Crippen LogP contribution in [0.3, 0.4) is 0 Å². The van der Waals surface area contributed by atoms with Gasteiger partial charge in [0.25, 0.3) is 0 Å². The van der Waals surface area contributed by atoms with E-state index in [1.165, 1.54) is 0 Å². The zero-order valence-electron chi connectivity index (χ0n) is 10.8. The molecule has 0 atom stereocenters. The van der Waals surface area contributed by atoms with Gasteiger partial charge in [0.15, 0.2) is 0 Å². The van der Waals surface area contributed by atoms with Crippen molar-refractivity contribution in [2.45, 2.75) is 20.5 Å². The topological polar surface area (TPSA) is 45.9 Å². The van der Waals surface area contributed by atoms with Gasteiger partial charge in [0.2, 0.25) is 0 Å². The average Bonchev–Trinajstić information content (AvgIpc) is 2.38. The van der Waals surface area contributed by atoms with Gasteiger partial charge in [-0.1, -0.05) is 17.7 Å². The smallest absolute Gasteiger partial charge is 0.147 e. The molecule has 0 unspecified atom stereocenters. The quantitative estimate of drug-likeness (QED) is 0.854. The summed E-state index contributed by atoms with van der Waals surface area (Å²) >= 11 is 5.98. The fourth-order valence-corrected chi connectivity index (χ4v) is 2.26. The lowest BCUT2D eigenvalue weighted by Gasteiger charge is -2.13. The van der Waals surface area contributed by atoms with Gasteiger partial charge in [0, 0.05) is 16.8 Å². The molecule has 0 aliphatic rings. The van der Waals surface area contributed by atoms with Gasteiger partial charge in [0.05, 0.1) is 0 Å². The van der Waals surface area contributed by atoms with E-state index in [9.17, 15) is 0 Å². The van der Waals surface area contributed by atoms with Crippen LogP contribution in [-0.4, -0.2) is 4.98 Å². The summed E-state index contributed by atoms with van der Waals surface area (Å²) in [6, 6.07) is 9.41. The molecule has 0 saturated carbocycles. The number of rotatable bonds is 3. The predicted octanol–water partition coefficient (Wildman–Crippen LogP) is 3.80. The van der Waals surface area contributed by atoms with E-state index in [4.69, 9.17) is 21.6 Å². The Morgan fingerprint density at radius 3 is 2.63 bits per heavy atom. The molecule has 0 saturated heterocycles.